The Balaban J connectivity index is 1.18. The fraction of sp³-hybridized carbons (Fsp3) is 0.0600. The molecule has 11 rings (SSSR count). The molecular formula is C50H34NOP. The van der Waals surface area contributed by atoms with Crippen molar-refractivity contribution >= 4 is 44.9 Å². The minimum Gasteiger partial charge on any atom is -0.319 e. The van der Waals surface area contributed by atoms with Crippen molar-refractivity contribution in [3.05, 3.63) is 192 Å². The predicted molar refractivity (Wildman–Crippen MR) is 223 cm³/mol. The van der Waals surface area contributed by atoms with Gasteiger partial charge >= 0.3 is 0 Å². The van der Waals surface area contributed by atoms with E-state index < -0.39 is 12.6 Å². The zero-order valence-corrected chi connectivity index (χ0v) is 30.4. The third kappa shape index (κ3) is 4.22. The van der Waals surface area contributed by atoms with Crippen LogP contribution in [0.15, 0.2) is 170 Å². The summed E-state index contributed by atoms with van der Waals surface area (Å²) in [5, 5.41) is 7.02. The van der Waals surface area contributed by atoms with E-state index in [0.29, 0.717) is 0 Å². The van der Waals surface area contributed by atoms with Crippen molar-refractivity contribution < 1.29 is 4.57 Å². The largest absolute Gasteiger partial charge is 0.319 e. The van der Waals surface area contributed by atoms with E-state index in [9.17, 15) is 4.57 Å². The monoisotopic (exact) mass is 695 g/mol. The highest BCUT2D eigenvalue weighted by atomic mass is 31.2. The Morgan fingerprint density at radius 1 is 0.453 bits per heavy atom. The van der Waals surface area contributed by atoms with Crippen LogP contribution in [0.5, 0.6) is 0 Å². The zero-order valence-electron chi connectivity index (χ0n) is 29.5. The number of rotatable bonds is 3. The van der Waals surface area contributed by atoms with Gasteiger partial charge in [-0.15, -0.1) is 0 Å². The summed E-state index contributed by atoms with van der Waals surface area (Å²) in [6, 6.07) is 60.1. The van der Waals surface area contributed by atoms with Crippen LogP contribution in [0.4, 0.5) is 0 Å². The minimum atomic E-state index is -2.41. The van der Waals surface area contributed by atoms with Gasteiger partial charge in [0, 0.05) is 22.5 Å². The average Bonchev–Trinajstić information content (AvgIpc) is 3.66. The summed E-state index contributed by atoms with van der Waals surface area (Å²) in [5.41, 5.74) is 15.5. The fourth-order valence-electron chi connectivity index (χ4n) is 9.47. The Kier molecular flexibility index (Phi) is 6.32. The lowest BCUT2D eigenvalue weighted by Crippen LogP contribution is -2.25. The Morgan fingerprint density at radius 3 is 2.00 bits per heavy atom. The molecule has 1 aromatic heterocycles. The number of benzene rings is 8. The van der Waals surface area contributed by atoms with E-state index in [1.54, 1.807) is 0 Å². The molecule has 3 heteroatoms. The smallest absolute Gasteiger partial charge is 0.109 e. The lowest BCUT2D eigenvalue weighted by Gasteiger charge is -2.31. The van der Waals surface area contributed by atoms with Crippen molar-refractivity contribution in [3.63, 3.8) is 0 Å². The molecule has 9 aromatic rings. The van der Waals surface area contributed by atoms with Gasteiger partial charge in [0.25, 0.3) is 0 Å². The second-order valence-electron chi connectivity index (χ2n) is 15.0. The van der Waals surface area contributed by atoms with Crippen molar-refractivity contribution in [3.8, 4) is 44.5 Å². The number of pyridine rings is 1. The molecule has 2 aliphatic carbocycles. The SMILES string of the molecule is CP(C)(=O)c1cccc(-c2ccc(-c3ccc4c(c3)-c3cc5ccccc5cc3C43c4ccccc4-c4c3ccc3ccccc43)c3ncccc23)c1. The third-order valence-corrected chi connectivity index (χ3v) is 13.3. The molecule has 0 saturated heterocycles. The Hall–Kier alpha value is -6.08. The van der Waals surface area contributed by atoms with Crippen molar-refractivity contribution in [1.82, 2.24) is 4.98 Å². The van der Waals surface area contributed by atoms with Crippen LogP contribution in [0.1, 0.15) is 22.3 Å². The van der Waals surface area contributed by atoms with Crippen LogP contribution < -0.4 is 5.30 Å². The zero-order chi connectivity index (χ0) is 35.5. The van der Waals surface area contributed by atoms with Crippen LogP contribution in [0, 0.1) is 0 Å². The quantitative estimate of drug-likeness (QED) is 0.172. The number of aromatic nitrogens is 1. The van der Waals surface area contributed by atoms with Gasteiger partial charge in [0.1, 0.15) is 7.14 Å². The lowest BCUT2D eigenvalue weighted by atomic mass is 9.70. The molecule has 1 atom stereocenters. The van der Waals surface area contributed by atoms with Gasteiger partial charge in [-0.1, -0.05) is 133 Å². The van der Waals surface area contributed by atoms with Crippen LogP contribution >= 0.6 is 7.14 Å². The molecule has 0 amide bonds. The third-order valence-electron chi connectivity index (χ3n) is 11.8. The Labute approximate surface area is 308 Å². The van der Waals surface area contributed by atoms with E-state index in [1.807, 2.05) is 37.7 Å². The van der Waals surface area contributed by atoms with E-state index >= 15 is 0 Å². The fourth-order valence-corrected chi connectivity index (χ4v) is 10.4. The lowest BCUT2D eigenvalue weighted by molar-refractivity contribution is 0.588. The van der Waals surface area contributed by atoms with E-state index in [4.69, 9.17) is 4.98 Å². The van der Waals surface area contributed by atoms with Gasteiger partial charge in [-0.3, -0.25) is 4.98 Å². The molecular weight excluding hydrogens is 662 g/mol. The highest BCUT2D eigenvalue weighted by Crippen LogP contribution is 2.64. The summed E-state index contributed by atoms with van der Waals surface area (Å²) in [4.78, 5) is 5.00. The first kappa shape index (κ1) is 30.5. The van der Waals surface area contributed by atoms with Gasteiger partial charge in [-0.2, -0.15) is 0 Å². The first-order chi connectivity index (χ1) is 25.9. The topological polar surface area (TPSA) is 30.0 Å². The average molecular weight is 696 g/mol. The van der Waals surface area contributed by atoms with Crippen molar-refractivity contribution in [2.24, 2.45) is 0 Å². The summed E-state index contributed by atoms with van der Waals surface area (Å²) in [7, 11) is -2.41. The molecule has 0 N–H and O–H groups in total. The first-order valence-electron chi connectivity index (χ1n) is 18.3. The number of nitrogens with zero attached hydrogens (tertiary/aromatic N) is 1. The van der Waals surface area contributed by atoms with Gasteiger partial charge in [0.15, 0.2) is 0 Å². The van der Waals surface area contributed by atoms with E-state index in [0.717, 1.165) is 38.5 Å². The molecule has 0 bridgehead atoms. The number of hydrogen-bond acceptors (Lipinski definition) is 2. The molecule has 0 radical (unpaired) electrons. The first-order valence-corrected chi connectivity index (χ1v) is 20.9. The molecule has 2 aliphatic rings. The van der Waals surface area contributed by atoms with Crippen LogP contribution in [-0.2, 0) is 9.98 Å². The number of hydrogen-bond donors (Lipinski definition) is 0. The highest BCUT2D eigenvalue weighted by Gasteiger charge is 2.52. The van der Waals surface area contributed by atoms with Crippen molar-refractivity contribution in [2.75, 3.05) is 13.3 Å². The molecule has 250 valence electrons. The summed E-state index contributed by atoms with van der Waals surface area (Å²) < 4.78 is 13.0. The van der Waals surface area contributed by atoms with Crippen LogP contribution in [0.2, 0.25) is 0 Å². The van der Waals surface area contributed by atoms with Gasteiger partial charge < -0.3 is 4.57 Å². The summed E-state index contributed by atoms with van der Waals surface area (Å²) >= 11 is 0. The van der Waals surface area contributed by atoms with Crippen LogP contribution in [0.25, 0.3) is 77.0 Å². The Morgan fingerprint density at radius 2 is 1.13 bits per heavy atom. The summed E-state index contributed by atoms with van der Waals surface area (Å²) in [6.07, 6.45) is 1.89. The van der Waals surface area contributed by atoms with Crippen LogP contribution in [0.3, 0.4) is 0 Å². The molecule has 1 heterocycles. The maximum atomic E-state index is 13.0. The number of fused-ring (bicyclic) bond motifs is 14. The molecule has 53 heavy (non-hydrogen) atoms. The Bertz CT molecular complexity index is 3080. The summed E-state index contributed by atoms with van der Waals surface area (Å²) in [6.45, 7) is 3.66. The standard InChI is InChI=1S/C50H34NOP/c1-53(2,52)36-15-9-14-34(27-36)37-22-23-39(49-40(37)18-10-26-51-49)35-21-24-45-42(29-35)43-28-32-12-3-4-13-33(32)30-47(43)50(45)44-19-8-7-17-41(44)48-38-16-6-5-11-31(38)20-25-46(48)50/h3-30H,1-2H3. The van der Waals surface area contributed by atoms with Gasteiger partial charge in [0.2, 0.25) is 0 Å². The second-order valence-corrected chi connectivity index (χ2v) is 18.2. The summed E-state index contributed by atoms with van der Waals surface area (Å²) in [5.74, 6) is 0. The molecule has 0 aliphatic heterocycles. The highest BCUT2D eigenvalue weighted by molar-refractivity contribution is 7.70. The van der Waals surface area contributed by atoms with Gasteiger partial charge in [0.05, 0.1) is 10.9 Å². The van der Waals surface area contributed by atoms with Crippen molar-refractivity contribution in [1.29, 1.82) is 0 Å². The molecule has 1 unspecified atom stereocenters. The maximum absolute atomic E-state index is 13.0. The maximum Gasteiger partial charge on any atom is 0.109 e. The molecule has 2 nitrogen and oxygen atoms in total. The normalized spacial score (nSPS) is 15.5. The second kappa shape index (κ2) is 11.0. The molecule has 1 spiro atoms. The molecule has 0 saturated carbocycles. The van der Waals surface area contributed by atoms with Gasteiger partial charge in [-0.05, 0) is 126 Å². The molecule has 0 fully saturated rings. The van der Waals surface area contributed by atoms with Crippen molar-refractivity contribution in [2.45, 2.75) is 5.41 Å². The minimum absolute atomic E-state index is 0.448. The molecule has 8 aromatic carbocycles. The van der Waals surface area contributed by atoms with Crippen LogP contribution in [-0.4, -0.2) is 18.3 Å². The van der Waals surface area contributed by atoms with Gasteiger partial charge in [-0.25, -0.2) is 0 Å². The van der Waals surface area contributed by atoms with E-state index in [2.05, 4.69) is 146 Å². The van der Waals surface area contributed by atoms with E-state index in [-0.39, 0.29) is 0 Å². The predicted octanol–water partition coefficient (Wildman–Crippen LogP) is 12.5. The van der Waals surface area contributed by atoms with E-state index in [1.165, 1.54) is 66.1 Å².